The maximum atomic E-state index is 13.5. The van der Waals surface area contributed by atoms with E-state index in [1.807, 2.05) is 19.9 Å². The molecule has 172 valence electrons. The molecule has 1 aliphatic rings. The number of hydrogen-bond acceptors (Lipinski definition) is 3. The van der Waals surface area contributed by atoms with E-state index in [1.54, 1.807) is 48.5 Å². The van der Waals surface area contributed by atoms with Crippen LogP contribution in [0.2, 0.25) is 5.02 Å². The molecule has 1 aliphatic carbocycles. The van der Waals surface area contributed by atoms with E-state index in [2.05, 4.69) is 17.4 Å². The van der Waals surface area contributed by atoms with Gasteiger partial charge in [-0.05, 0) is 86.2 Å². The zero-order chi connectivity index (χ0) is 23.6. The van der Waals surface area contributed by atoms with Crippen LogP contribution >= 0.6 is 11.6 Å². The Hall–Kier alpha value is -2.83. The van der Waals surface area contributed by atoms with E-state index in [9.17, 15) is 13.2 Å². The van der Waals surface area contributed by atoms with Crippen molar-refractivity contribution in [3.63, 3.8) is 0 Å². The van der Waals surface area contributed by atoms with Crippen molar-refractivity contribution in [3.8, 4) is 0 Å². The quantitative estimate of drug-likeness (QED) is 0.502. The number of halogens is 1. The molecule has 5 nitrogen and oxygen atoms in total. The molecule has 0 spiro atoms. The highest BCUT2D eigenvalue weighted by atomic mass is 35.5. The summed E-state index contributed by atoms with van der Waals surface area (Å²) in [4.78, 5) is 13.1. The van der Waals surface area contributed by atoms with Gasteiger partial charge >= 0.3 is 0 Å². The minimum Gasteiger partial charge on any atom is -0.348 e. The van der Waals surface area contributed by atoms with Gasteiger partial charge in [0.1, 0.15) is 6.54 Å². The van der Waals surface area contributed by atoms with Gasteiger partial charge in [0.05, 0.1) is 16.6 Å². The van der Waals surface area contributed by atoms with E-state index in [1.165, 1.54) is 11.1 Å². The SMILES string of the molecule is Cc1ccc(S(=O)(=O)N(CC(=O)N[C@@H](C)c2ccc3c(c2)CCC3)c2ccc(Cl)cc2)cc1. The molecule has 4 rings (SSSR count). The van der Waals surface area contributed by atoms with Crippen LogP contribution in [0.5, 0.6) is 0 Å². The summed E-state index contributed by atoms with van der Waals surface area (Å²) in [6.45, 7) is 3.46. The van der Waals surface area contributed by atoms with E-state index in [-0.39, 0.29) is 23.4 Å². The molecule has 0 radical (unpaired) electrons. The fourth-order valence-electron chi connectivity index (χ4n) is 4.12. The second kappa shape index (κ2) is 9.57. The van der Waals surface area contributed by atoms with Crippen LogP contribution in [0, 0.1) is 6.92 Å². The third-order valence-electron chi connectivity index (χ3n) is 6.01. The number of aryl methyl sites for hydroxylation is 3. The first-order valence-corrected chi connectivity index (χ1v) is 12.8. The Bertz CT molecular complexity index is 1260. The summed E-state index contributed by atoms with van der Waals surface area (Å²) in [6, 6.07) is 19.1. The molecular formula is C26H27ClN2O3S. The summed E-state index contributed by atoms with van der Waals surface area (Å²) < 4.78 is 28.0. The maximum Gasteiger partial charge on any atom is 0.264 e. The van der Waals surface area contributed by atoms with Crippen LogP contribution in [0.15, 0.2) is 71.6 Å². The second-order valence-corrected chi connectivity index (χ2v) is 10.8. The number of anilines is 1. The summed E-state index contributed by atoms with van der Waals surface area (Å²) in [5.41, 5.74) is 5.05. The lowest BCUT2D eigenvalue weighted by atomic mass is 10.0. The van der Waals surface area contributed by atoms with E-state index >= 15 is 0 Å². The van der Waals surface area contributed by atoms with Crippen LogP contribution in [0.3, 0.4) is 0 Å². The molecule has 7 heteroatoms. The number of sulfonamides is 1. The lowest BCUT2D eigenvalue weighted by Gasteiger charge is -2.25. The highest BCUT2D eigenvalue weighted by Gasteiger charge is 2.28. The van der Waals surface area contributed by atoms with Gasteiger partial charge < -0.3 is 5.32 Å². The number of carbonyl (C=O) groups is 1. The van der Waals surface area contributed by atoms with Crippen molar-refractivity contribution in [2.24, 2.45) is 0 Å². The van der Waals surface area contributed by atoms with Crippen LogP contribution in [0.25, 0.3) is 0 Å². The monoisotopic (exact) mass is 482 g/mol. The van der Waals surface area contributed by atoms with Gasteiger partial charge in [0.15, 0.2) is 0 Å². The average Bonchev–Trinajstić information content (AvgIpc) is 3.26. The van der Waals surface area contributed by atoms with Gasteiger partial charge in [0, 0.05) is 5.02 Å². The molecule has 1 atom stereocenters. The lowest BCUT2D eigenvalue weighted by Crippen LogP contribution is -2.41. The molecular weight excluding hydrogens is 456 g/mol. The number of carbonyl (C=O) groups excluding carboxylic acids is 1. The largest absolute Gasteiger partial charge is 0.348 e. The number of benzene rings is 3. The molecule has 0 aromatic heterocycles. The number of fused-ring (bicyclic) bond motifs is 1. The van der Waals surface area contributed by atoms with E-state index in [4.69, 9.17) is 11.6 Å². The number of rotatable bonds is 7. The Labute approximate surface area is 200 Å². The van der Waals surface area contributed by atoms with Gasteiger partial charge in [0.25, 0.3) is 10.0 Å². The first-order chi connectivity index (χ1) is 15.7. The van der Waals surface area contributed by atoms with Crippen molar-refractivity contribution in [1.29, 1.82) is 0 Å². The van der Waals surface area contributed by atoms with Gasteiger partial charge in [-0.25, -0.2) is 8.42 Å². The standard InChI is InChI=1S/C26H27ClN2O3S/c1-18-6-14-25(15-7-18)33(31,32)29(24-12-10-23(27)11-13-24)17-26(30)28-19(2)21-9-8-20-4-3-5-22(20)16-21/h6-16,19H,3-5,17H2,1-2H3,(H,28,30)/t19-/m0/s1. The van der Waals surface area contributed by atoms with E-state index < -0.39 is 10.0 Å². The first-order valence-electron chi connectivity index (χ1n) is 11.0. The molecule has 0 unspecified atom stereocenters. The van der Waals surface area contributed by atoms with Crippen LogP contribution in [-0.4, -0.2) is 20.9 Å². The van der Waals surface area contributed by atoms with Crippen molar-refractivity contribution < 1.29 is 13.2 Å². The number of nitrogens with zero attached hydrogens (tertiary/aromatic N) is 1. The van der Waals surface area contributed by atoms with Crippen LogP contribution in [0.4, 0.5) is 5.69 Å². The number of hydrogen-bond donors (Lipinski definition) is 1. The molecule has 0 heterocycles. The normalized spacial score (nSPS) is 13.9. The van der Waals surface area contributed by atoms with Gasteiger partial charge in [-0.15, -0.1) is 0 Å². The molecule has 0 saturated carbocycles. The molecule has 33 heavy (non-hydrogen) atoms. The van der Waals surface area contributed by atoms with Gasteiger partial charge in [-0.2, -0.15) is 0 Å². The topological polar surface area (TPSA) is 66.5 Å². The molecule has 0 fully saturated rings. The van der Waals surface area contributed by atoms with Crippen molar-refractivity contribution in [1.82, 2.24) is 5.32 Å². The Morgan fingerprint density at radius 2 is 1.67 bits per heavy atom. The van der Waals surface area contributed by atoms with Gasteiger partial charge in [-0.3, -0.25) is 9.10 Å². The third-order valence-corrected chi connectivity index (χ3v) is 8.05. The summed E-state index contributed by atoms with van der Waals surface area (Å²) in [7, 11) is -3.96. The van der Waals surface area contributed by atoms with Crippen molar-refractivity contribution >= 4 is 33.2 Å². The third kappa shape index (κ3) is 5.23. The Morgan fingerprint density at radius 1 is 1.00 bits per heavy atom. The predicted octanol–water partition coefficient (Wildman–Crippen LogP) is 5.21. The van der Waals surface area contributed by atoms with Crippen LogP contribution in [0.1, 0.15) is 41.6 Å². The minimum atomic E-state index is -3.96. The van der Waals surface area contributed by atoms with E-state index in [0.29, 0.717) is 10.7 Å². The molecule has 0 bridgehead atoms. The summed E-state index contributed by atoms with van der Waals surface area (Å²) >= 11 is 6.00. The predicted molar refractivity (Wildman–Crippen MR) is 132 cm³/mol. The average molecular weight is 483 g/mol. The maximum absolute atomic E-state index is 13.5. The molecule has 3 aromatic carbocycles. The van der Waals surface area contributed by atoms with E-state index in [0.717, 1.165) is 34.7 Å². The smallest absolute Gasteiger partial charge is 0.264 e. The number of nitrogens with one attached hydrogen (secondary N) is 1. The lowest BCUT2D eigenvalue weighted by molar-refractivity contribution is -0.120. The first kappa shape index (κ1) is 23.3. The Balaban J connectivity index is 1.57. The second-order valence-electron chi connectivity index (χ2n) is 8.47. The zero-order valence-corrected chi connectivity index (χ0v) is 20.3. The summed E-state index contributed by atoms with van der Waals surface area (Å²) in [6.07, 6.45) is 3.32. The summed E-state index contributed by atoms with van der Waals surface area (Å²) in [5, 5.41) is 3.45. The fraction of sp³-hybridized carbons (Fsp3) is 0.269. The minimum absolute atomic E-state index is 0.127. The summed E-state index contributed by atoms with van der Waals surface area (Å²) in [5.74, 6) is -0.381. The van der Waals surface area contributed by atoms with Crippen molar-refractivity contribution in [2.75, 3.05) is 10.8 Å². The number of amides is 1. The van der Waals surface area contributed by atoms with Crippen molar-refractivity contribution in [2.45, 2.75) is 44.0 Å². The van der Waals surface area contributed by atoms with Crippen LogP contribution < -0.4 is 9.62 Å². The molecule has 0 saturated heterocycles. The molecule has 3 aromatic rings. The van der Waals surface area contributed by atoms with Crippen LogP contribution in [-0.2, 0) is 27.7 Å². The highest BCUT2D eigenvalue weighted by Crippen LogP contribution is 2.27. The molecule has 1 amide bonds. The Kier molecular flexibility index (Phi) is 6.77. The Morgan fingerprint density at radius 3 is 2.36 bits per heavy atom. The van der Waals surface area contributed by atoms with Gasteiger partial charge in [0.2, 0.25) is 5.91 Å². The molecule has 0 aliphatic heterocycles. The van der Waals surface area contributed by atoms with Crippen molar-refractivity contribution in [3.05, 3.63) is 94.0 Å². The fourth-order valence-corrected chi connectivity index (χ4v) is 5.67. The highest BCUT2D eigenvalue weighted by molar-refractivity contribution is 7.92. The molecule has 1 N–H and O–H groups in total. The zero-order valence-electron chi connectivity index (χ0n) is 18.7. The van der Waals surface area contributed by atoms with Gasteiger partial charge in [-0.1, -0.05) is 47.5 Å².